The lowest BCUT2D eigenvalue weighted by molar-refractivity contribution is -0.0505. The fourth-order valence-electron chi connectivity index (χ4n) is 3.59. The average molecular weight is 417 g/mol. The number of aromatic nitrogens is 4. The van der Waals surface area contributed by atoms with Crippen LogP contribution in [0.2, 0.25) is 0 Å². The van der Waals surface area contributed by atoms with E-state index in [9.17, 15) is 24.6 Å². The standard InChI is InChI=1S/C18H19N5O7/c19-17-20-13-12(14(26)21-17)22(6-8-1-3-9(4-2-8)16(27)28)18(29)23(13)15-11(25)5-10(7-24)30-15/h1-4,10-11,15,24-25H,5-7H2,(H,27,28)(H3,19,20,21,26)/t10-,11+,15+/m0/s1. The summed E-state index contributed by atoms with van der Waals surface area (Å²) in [7, 11) is 0. The van der Waals surface area contributed by atoms with Gasteiger partial charge in [0.1, 0.15) is 6.10 Å². The van der Waals surface area contributed by atoms with Crippen molar-refractivity contribution >= 4 is 23.1 Å². The van der Waals surface area contributed by atoms with Gasteiger partial charge in [0.15, 0.2) is 17.4 Å². The van der Waals surface area contributed by atoms with Crippen molar-refractivity contribution in [2.75, 3.05) is 12.3 Å². The molecule has 30 heavy (non-hydrogen) atoms. The number of nitrogens with zero attached hydrogens (tertiary/aromatic N) is 3. The van der Waals surface area contributed by atoms with E-state index in [2.05, 4.69) is 9.97 Å². The lowest BCUT2D eigenvalue weighted by atomic mass is 10.1. The van der Waals surface area contributed by atoms with Gasteiger partial charge < -0.3 is 25.8 Å². The number of imidazole rings is 1. The number of nitrogens with two attached hydrogens (primary N) is 1. The van der Waals surface area contributed by atoms with Crippen LogP contribution in [0.1, 0.15) is 28.6 Å². The lowest BCUT2D eigenvalue weighted by Gasteiger charge is -2.15. The normalized spacial score (nSPS) is 21.3. The van der Waals surface area contributed by atoms with E-state index in [1.165, 1.54) is 24.3 Å². The second-order valence-corrected chi connectivity index (χ2v) is 7.00. The average Bonchev–Trinajstić information content (AvgIpc) is 3.19. The Morgan fingerprint density at radius 1 is 1.30 bits per heavy atom. The van der Waals surface area contributed by atoms with Crippen molar-refractivity contribution < 1.29 is 24.9 Å². The number of nitrogens with one attached hydrogen (secondary N) is 1. The number of fused-ring (bicyclic) bond motifs is 1. The van der Waals surface area contributed by atoms with Crippen molar-refractivity contribution in [1.29, 1.82) is 0 Å². The summed E-state index contributed by atoms with van der Waals surface area (Å²) in [4.78, 5) is 43.2. The highest BCUT2D eigenvalue weighted by atomic mass is 16.5. The summed E-state index contributed by atoms with van der Waals surface area (Å²) in [6.07, 6.45) is -2.81. The molecule has 0 saturated carbocycles. The van der Waals surface area contributed by atoms with Crippen LogP contribution in [0.5, 0.6) is 0 Å². The summed E-state index contributed by atoms with van der Waals surface area (Å²) < 4.78 is 7.77. The number of hydrogen-bond acceptors (Lipinski definition) is 8. The molecule has 1 aliphatic heterocycles. The lowest BCUT2D eigenvalue weighted by Crippen LogP contribution is -2.32. The molecule has 1 aliphatic rings. The topological polar surface area (TPSA) is 186 Å². The van der Waals surface area contributed by atoms with Crippen LogP contribution in [0.3, 0.4) is 0 Å². The number of aliphatic hydroxyl groups excluding tert-OH is 2. The maximum Gasteiger partial charge on any atom is 0.335 e. The number of carboxylic acid groups (broad SMARTS) is 1. The van der Waals surface area contributed by atoms with Gasteiger partial charge in [-0.15, -0.1) is 0 Å². The number of hydrogen-bond donors (Lipinski definition) is 5. The van der Waals surface area contributed by atoms with Crippen molar-refractivity contribution in [3.05, 3.63) is 56.2 Å². The SMILES string of the molecule is Nc1nc2c(c(=O)[nH]1)n(Cc1ccc(C(=O)O)cc1)c(=O)n2[C@@H]1O[C@H](CO)C[C@H]1O. The minimum atomic E-state index is -1.15. The Morgan fingerprint density at radius 2 is 2.00 bits per heavy atom. The van der Waals surface area contributed by atoms with Crippen LogP contribution in [0, 0.1) is 0 Å². The van der Waals surface area contributed by atoms with Crippen LogP contribution in [-0.2, 0) is 11.3 Å². The molecule has 1 aromatic carbocycles. The largest absolute Gasteiger partial charge is 0.478 e. The van der Waals surface area contributed by atoms with Crippen molar-refractivity contribution in [2.24, 2.45) is 0 Å². The zero-order valence-corrected chi connectivity index (χ0v) is 15.6. The molecule has 0 bridgehead atoms. The number of carboxylic acids is 1. The minimum absolute atomic E-state index is 0.0524. The monoisotopic (exact) mass is 417 g/mol. The maximum atomic E-state index is 13.2. The Hall–Kier alpha value is -3.48. The molecule has 1 fully saturated rings. The molecule has 0 unspecified atom stereocenters. The Kier molecular flexibility index (Phi) is 4.89. The molecule has 0 radical (unpaired) electrons. The zero-order chi connectivity index (χ0) is 21.6. The van der Waals surface area contributed by atoms with Crippen LogP contribution in [0.15, 0.2) is 33.9 Å². The summed E-state index contributed by atoms with van der Waals surface area (Å²) in [6, 6.07) is 5.83. The number of aliphatic hydroxyl groups is 2. The Labute approximate surface area is 167 Å². The smallest absolute Gasteiger partial charge is 0.335 e. The van der Waals surface area contributed by atoms with E-state index in [-0.39, 0.29) is 42.2 Å². The van der Waals surface area contributed by atoms with E-state index in [0.29, 0.717) is 5.56 Å². The van der Waals surface area contributed by atoms with Crippen molar-refractivity contribution in [3.8, 4) is 0 Å². The molecule has 0 amide bonds. The number of anilines is 1. The van der Waals surface area contributed by atoms with Gasteiger partial charge in [0.2, 0.25) is 5.95 Å². The summed E-state index contributed by atoms with van der Waals surface area (Å²) in [5.41, 5.74) is 4.84. The number of ether oxygens (including phenoxy) is 1. The van der Waals surface area contributed by atoms with Crippen LogP contribution >= 0.6 is 0 Å². The van der Waals surface area contributed by atoms with Crippen molar-refractivity contribution in [3.63, 3.8) is 0 Å². The Morgan fingerprint density at radius 3 is 2.60 bits per heavy atom. The Bertz CT molecular complexity index is 1230. The third-order valence-electron chi connectivity index (χ3n) is 5.00. The minimum Gasteiger partial charge on any atom is -0.478 e. The van der Waals surface area contributed by atoms with Gasteiger partial charge >= 0.3 is 11.7 Å². The molecule has 4 rings (SSSR count). The van der Waals surface area contributed by atoms with Crippen molar-refractivity contribution in [1.82, 2.24) is 19.1 Å². The quantitative estimate of drug-likeness (QED) is 0.342. The summed E-state index contributed by atoms with van der Waals surface area (Å²) in [6.45, 7) is -0.393. The van der Waals surface area contributed by atoms with E-state index >= 15 is 0 Å². The molecular formula is C18H19N5O7. The predicted octanol–water partition coefficient (Wildman–Crippen LogP) is -1.14. The molecule has 12 nitrogen and oxygen atoms in total. The van der Waals surface area contributed by atoms with Crippen LogP contribution in [0.4, 0.5) is 5.95 Å². The highest BCUT2D eigenvalue weighted by molar-refractivity contribution is 5.87. The van der Waals surface area contributed by atoms with Gasteiger partial charge in [0, 0.05) is 6.42 Å². The number of H-pyrrole nitrogens is 1. The third-order valence-corrected chi connectivity index (χ3v) is 5.00. The molecule has 3 aromatic rings. The second-order valence-electron chi connectivity index (χ2n) is 7.00. The molecule has 0 spiro atoms. The predicted molar refractivity (Wildman–Crippen MR) is 103 cm³/mol. The second kappa shape index (κ2) is 7.40. The van der Waals surface area contributed by atoms with Gasteiger partial charge in [-0.05, 0) is 17.7 Å². The third kappa shape index (κ3) is 3.26. The molecule has 158 valence electrons. The fraction of sp³-hybridized carbons (Fsp3) is 0.333. The van der Waals surface area contributed by atoms with Gasteiger partial charge in [-0.3, -0.25) is 14.3 Å². The summed E-state index contributed by atoms with van der Waals surface area (Å²) in [5, 5.41) is 28.7. The molecule has 0 aliphatic carbocycles. The molecular weight excluding hydrogens is 398 g/mol. The first-order valence-corrected chi connectivity index (χ1v) is 9.07. The molecule has 2 aromatic heterocycles. The number of nitrogen functional groups attached to an aromatic ring is 1. The van der Waals surface area contributed by atoms with Crippen LogP contribution in [-0.4, -0.2) is 59.2 Å². The van der Waals surface area contributed by atoms with E-state index in [1.807, 2.05) is 0 Å². The van der Waals surface area contributed by atoms with Gasteiger partial charge in [0.25, 0.3) is 5.56 Å². The van der Waals surface area contributed by atoms with Gasteiger partial charge in [-0.1, -0.05) is 12.1 Å². The first kappa shape index (κ1) is 19.8. The summed E-state index contributed by atoms with van der Waals surface area (Å²) in [5.74, 6) is -1.30. The molecule has 1 saturated heterocycles. The molecule has 3 atom stereocenters. The van der Waals surface area contributed by atoms with E-state index in [1.54, 1.807) is 0 Å². The zero-order valence-electron chi connectivity index (χ0n) is 15.6. The number of carbonyl (C=O) groups is 1. The number of aromatic carboxylic acids is 1. The van der Waals surface area contributed by atoms with Crippen LogP contribution < -0.4 is 17.0 Å². The Balaban J connectivity index is 1.86. The van der Waals surface area contributed by atoms with Gasteiger partial charge in [0.05, 0.1) is 24.8 Å². The van der Waals surface area contributed by atoms with Crippen molar-refractivity contribution in [2.45, 2.75) is 31.4 Å². The molecule has 6 N–H and O–H groups in total. The number of rotatable bonds is 5. The molecule has 3 heterocycles. The van der Waals surface area contributed by atoms with E-state index in [4.69, 9.17) is 15.6 Å². The van der Waals surface area contributed by atoms with E-state index < -0.39 is 35.7 Å². The number of benzene rings is 1. The first-order valence-electron chi connectivity index (χ1n) is 9.07. The first-order chi connectivity index (χ1) is 14.3. The highest BCUT2D eigenvalue weighted by Gasteiger charge is 2.38. The van der Waals surface area contributed by atoms with E-state index in [0.717, 1.165) is 9.13 Å². The maximum absolute atomic E-state index is 13.2. The van der Waals surface area contributed by atoms with Gasteiger partial charge in [-0.2, -0.15) is 4.98 Å². The molecule has 12 heteroatoms. The van der Waals surface area contributed by atoms with Crippen LogP contribution in [0.25, 0.3) is 11.2 Å². The summed E-state index contributed by atoms with van der Waals surface area (Å²) >= 11 is 0. The highest BCUT2D eigenvalue weighted by Crippen LogP contribution is 2.29. The van der Waals surface area contributed by atoms with Gasteiger partial charge in [-0.25, -0.2) is 14.2 Å². The fourth-order valence-corrected chi connectivity index (χ4v) is 3.59. The number of aromatic amines is 1.